The number of ether oxygens (including phenoxy) is 3. The van der Waals surface area contributed by atoms with Crippen LogP contribution in [0.2, 0.25) is 25.7 Å². The van der Waals surface area contributed by atoms with Gasteiger partial charge in [-0.2, -0.15) is 9.10 Å². The summed E-state index contributed by atoms with van der Waals surface area (Å²) in [6.45, 7) is 5.71. The van der Waals surface area contributed by atoms with E-state index in [4.69, 9.17) is 19.9 Å². The van der Waals surface area contributed by atoms with Gasteiger partial charge in [-0.05, 0) is 82.5 Å². The third-order valence-corrected chi connectivity index (χ3v) is 15.8. The van der Waals surface area contributed by atoms with E-state index >= 15 is 8.42 Å². The Labute approximate surface area is 356 Å². The SMILES string of the molecule is COc1ccc(CN(Cc2ccc(OC)cc2)S(=O)(=O)c2c(S(=O)(=O)CC[Si](C)(C)C)ccc(-c3cccc(N)c3[N+](=O)[O-])c2-c2nnn(Cc3ccc(OC)cc3)n2)cc1. The minimum atomic E-state index is -4.94. The summed E-state index contributed by atoms with van der Waals surface area (Å²) < 4.78 is 78.2. The molecule has 320 valence electrons. The summed E-state index contributed by atoms with van der Waals surface area (Å²) in [6.07, 6.45) is 0. The molecule has 0 spiro atoms. The summed E-state index contributed by atoms with van der Waals surface area (Å²) in [4.78, 5) is 12.0. The maximum atomic E-state index is 15.8. The normalized spacial score (nSPS) is 12.0. The first-order chi connectivity index (χ1) is 28.9. The van der Waals surface area contributed by atoms with Crippen LogP contribution in [0.3, 0.4) is 0 Å². The van der Waals surface area contributed by atoms with Crippen LogP contribution in [-0.2, 0) is 39.5 Å². The first-order valence-electron chi connectivity index (χ1n) is 19.0. The molecule has 0 atom stereocenters. The van der Waals surface area contributed by atoms with Crippen molar-refractivity contribution in [2.75, 3.05) is 32.8 Å². The van der Waals surface area contributed by atoms with Gasteiger partial charge in [0.05, 0.1) is 54.6 Å². The molecule has 0 saturated heterocycles. The lowest BCUT2D eigenvalue weighted by atomic mass is 9.97. The van der Waals surface area contributed by atoms with Gasteiger partial charge in [0.1, 0.15) is 27.8 Å². The number of nitrogens with zero attached hydrogens (tertiary/aromatic N) is 6. The Morgan fingerprint density at radius 1 is 0.738 bits per heavy atom. The lowest BCUT2D eigenvalue weighted by Crippen LogP contribution is -2.32. The van der Waals surface area contributed by atoms with Crippen molar-refractivity contribution in [2.45, 2.75) is 55.1 Å². The maximum absolute atomic E-state index is 15.8. The largest absolute Gasteiger partial charge is 0.497 e. The molecular weight excluding hydrogens is 839 g/mol. The van der Waals surface area contributed by atoms with Crippen LogP contribution in [0.4, 0.5) is 11.4 Å². The van der Waals surface area contributed by atoms with E-state index in [0.29, 0.717) is 34.4 Å². The van der Waals surface area contributed by atoms with Gasteiger partial charge in [-0.3, -0.25) is 10.1 Å². The highest BCUT2D eigenvalue weighted by atomic mass is 32.2. The van der Waals surface area contributed by atoms with Crippen LogP contribution in [0.1, 0.15) is 16.7 Å². The lowest BCUT2D eigenvalue weighted by Gasteiger charge is -2.26. The second kappa shape index (κ2) is 18.2. The number of nitro benzene ring substituents is 1. The Kier molecular flexibility index (Phi) is 13.3. The third kappa shape index (κ3) is 10.2. The van der Waals surface area contributed by atoms with Gasteiger partial charge in [-0.1, -0.05) is 68.2 Å². The Balaban J connectivity index is 1.67. The van der Waals surface area contributed by atoms with Crippen LogP contribution in [-0.4, -0.2) is 81.4 Å². The zero-order valence-corrected chi connectivity index (χ0v) is 37.2. The van der Waals surface area contributed by atoms with Crippen molar-refractivity contribution in [1.82, 2.24) is 24.5 Å². The number of hydrogen-bond acceptors (Lipinski definition) is 13. The zero-order valence-electron chi connectivity index (χ0n) is 34.6. The summed E-state index contributed by atoms with van der Waals surface area (Å²) >= 11 is 0. The fraction of sp³-hybridized carbons (Fsp3) is 0.262. The summed E-state index contributed by atoms with van der Waals surface area (Å²) in [7, 11) is -6.74. The smallest absolute Gasteiger partial charge is 0.299 e. The van der Waals surface area contributed by atoms with Crippen molar-refractivity contribution < 1.29 is 36.0 Å². The standard InChI is InChI=1S/C42H47N7O9S2Si/c1-56-32-16-10-29(11-17-32)26-47(27-30-12-18-33(57-2)19-13-30)60(54,55)41-38(59(52,53)24-25-61(4,5)6)23-22-35(36-8-7-9-37(43)40(36)49(50)51)39(41)42-44-46-48(45-42)28-31-14-20-34(58-3)21-15-31/h7-23H,24-28,43H2,1-6H3. The second-order valence-corrected chi connectivity index (χ2v) is 25.0. The lowest BCUT2D eigenvalue weighted by molar-refractivity contribution is -0.383. The van der Waals surface area contributed by atoms with E-state index < -0.39 is 48.3 Å². The number of methoxy groups -OCH3 is 3. The van der Waals surface area contributed by atoms with Gasteiger partial charge in [0, 0.05) is 26.7 Å². The van der Waals surface area contributed by atoms with Crippen molar-refractivity contribution >= 4 is 39.3 Å². The van der Waals surface area contributed by atoms with E-state index in [1.54, 1.807) is 79.9 Å². The van der Waals surface area contributed by atoms with Gasteiger partial charge < -0.3 is 19.9 Å². The number of nitrogens with two attached hydrogens (primary N) is 1. The fourth-order valence-corrected chi connectivity index (χ4v) is 13.4. The highest BCUT2D eigenvalue weighted by molar-refractivity contribution is 7.93. The molecule has 0 aliphatic heterocycles. The molecule has 5 aromatic carbocycles. The average Bonchev–Trinajstić information content (AvgIpc) is 3.70. The quantitative estimate of drug-likeness (QED) is 0.0396. The zero-order chi connectivity index (χ0) is 44.1. The highest BCUT2D eigenvalue weighted by Crippen LogP contribution is 2.45. The van der Waals surface area contributed by atoms with Crippen LogP contribution in [0, 0.1) is 10.1 Å². The van der Waals surface area contributed by atoms with Crippen LogP contribution >= 0.6 is 0 Å². The van der Waals surface area contributed by atoms with Gasteiger partial charge >= 0.3 is 0 Å². The Bertz CT molecular complexity index is 2690. The topological polar surface area (TPSA) is 212 Å². The number of aromatic nitrogens is 4. The molecule has 16 nitrogen and oxygen atoms in total. The Morgan fingerprint density at radius 3 is 1.75 bits per heavy atom. The van der Waals surface area contributed by atoms with Gasteiger partial charge in [0.2, 0.25) is 15.8 Å². The summed E-state index contributed by atoms with van der Waals surface area (Å²) in [5.41, 5.74) is 6.94. The molecule has 0 unspecified atom stereocenters. The molecule has 6 rings (SSSR count). The van der Waals surface area contributed by atoms with Gasteiger partial charge in [0.15, 0.2) is 9.84 Å². The molecule has 2 N–H and O–H groups in total. The number of para-hydroxylation sites is 1. The Morgan fingerprint density at radius 2 is 1.26 bits per heavy atom. The highest BCUT2D eigenvalue weighted by Gasteiger charge is 2.39. The van der Waals surface area contributed by atoms with Crippen molar-refractivity contribution in [3.63, 3.8) is 0 Å². The fourth-order valence-electron chi connectivity index (χ4n) is 6.57. The minimum absolute atomic E-state index is 0.0421. The molecule has 0 radical (unpaired) electrons. The summed E-state index contributed by atoms with van der Waals surface area (Å²) in [5.74, 6) is 1.09. The summed E-state index contributed by atoms with van der Waals surface area (Å²) in [5, 5.41) is 25.8. The predicted molar refractivity (Wildman–Crippen MR) is 234 cm³/mol. The number of tetrazole rings is 1. The first kappa shape index (κ1) is 44.4. The molecule has 0 bridgehead atoms. The summed E-state index contributed by atoms with van der Waals surface area (Å²) in [6, 6.07) is 27.8. The molecule has 0 aliphatic rings. The van der Waals surface area contributed by atoms with Crippen molar-refractivity contribution in [3.05, 3.63) is 130 Å². The molecule has 0 aliphatic carbocycles. The van der Waals surface area contributed by atoms with Gasteiger partial charge in [0.25, 0.3) is 5.69 Å². The van der Waals surface area contributed by atoms with E-state index in [9.17, 15) is 18.5 Å². The van der Waals surface area contributed by atoms with Crippen LogP contribution in [0.5, 0.6) is 17.2 Å². The number of rotatable bonds is 18. The van der Waals surface area contributed by atoms with Crippen molar-refractivity contribution in [3.8, 4) is 39.8 Å². The number of sulfonamides is 1. The minimum Gasteiger partial charge on any atom is -0.497 e. The van der Waals surface area contributed by atoms with Crippen LogP contribution in [0.15, 0.2) is 113 Å². The maximum Gasteiger partial charge on any atom is 0.299 e. The molecule has 61 heavy (non-hydrogen) atoms. The molecule has 1 aromatic heterocycles. The molecular formula is C42H47N7O9S2Si. The molecule has 6 aromatic rings. The number of hydrogen-bond donors (Lipinski definition) is 1. The Hall–Kier alpha value is -6.15. The molecule has 1 heterocycles. The van der Waals surface area contributed by atoms with E-state index in [1.807, 2.05) is 19.6 Å². The first-order valence-corrected chi connectivity index (χ1v) is 25.8. The predicted octanol–water partition coefficient (Wildman–Crippen LogP) is 7.07. The van der Waals surface area contributed by atoms with Gasteiger partial charge in [-0.15, -0.1) is 10.2 Å². The molecule has 0 saturated carbocycles. The van der Waals surface area contributed by atoms with Crippen molar-refractivity contribution in [1.29, 1.82) is 0 Å². The number of nitro groups is 1. The monoisotopic (exact) mass is 885 g/mol. The van der Waals surface area contributed by atoms with Crippen LogP contribution < -0.4 is 19.9 Å². The van der Waals surface area contributed by atoms with E-state index in [1.165, 1.54) is 49.3 Å². The second-order valence-electron chi connectivity index (χ2n) is 15.4. The third-order valence-electron chi connectivity index (χ3n) is 9.91. The number of anilines is 1. The molecule has 19 heteroatoms. The molecule has 0 fully saturated rings. The van der Waals surface area contributed by atoms with E-state index in [0.717, 1.165) is 9.87 Å². The van der Waals surface area contributed by atoms with Gasteiger partial charge in [-0.25, -0.2) is 16.8 Å². The van der Waals surface area contributed by atoms with E-state index in [-0.39, 0.29) is 53.6 Å². The van der Waals surface area contributed by atoms with Crippen LogP contribution in [0.25, 0.3) is 22.5 Å². The number of benzene rings is 5. The van der Waals surface area contributed by atoms with E-state index in [2.05, 4.69) is 15.4 Å². The number of nitrogen functional groups attached to an aromatic ring is 1. The number of sulfone groups is 1. The molecule has 0 amide bonds. The van der Waals surface area contributed by atoms with Crippen molar-refractivity contribution in [2.24, 2.45) is 0 Å². The average molecular weight is 886 g/mol.